The van der Waals surface area contributed by atoms with Crippen molar-refractivity contribution in [3.05, 3.63) is 18.2 Å². The molecule has 29 heavy (non-hydrogen) atoms. The highest BCUT2D eigenvalue weighted by molar-refractivity contribution is 8.01. The van der Waals surface area contributed by atoms with E-state index in [0.717, 1.165) is 0 Å². The molecular formula is C18H26N6O4S. The van der Waals surface area contributed by atoms with Crippen LogP contribution in [0.25, 0.3) is 0 Å². The molecule has 11 heteroatoms. The number of rotatable bonds is 6. The summed E-state index contributed by atoms with van der Waals surface area (Å²) >= 11 is 1.39. The first kappa shape index (κ1) is 21.2. The SMILES string of the molecule is CC1(C)SCC(=O)NC1C(=O)N[C@@H](Cc1cnc[nH]1)C(=O)N1CCC[C@H]1C(N)=O. The van der Waals surface area contributed by atoms with Gasteiger partial charge in [0, 0.05) is 29.6 Å². The van der Waals surface area contributed by atoms with Crippen molar-refractivity contribution < 1.29 is 19.2 Å². The first-order valence-corrected chi connectivity index (χ1v) is 10.5. The second-order valence-corrected chi connectivity index (χ2v) is 9.46. The van der Waals surface area contributed by atoms with Gasteiger partial charge in [-0.05, 0) is 26.7 Å². The van der Waals surface area contributed by atoms with Crippen molar-refractivity contribution in [2.75, 3.05) is 12.3 Å². The Hall–Kier alpha value is -2.56. The zero-order chi connectivity index (χ0) is 21.2. The van der Waals surface area contributed by atoms with Crippen molar-refractivity contribution in [1.82, 2.24) is 25.5 Å². The molecule has 0 spiro atoms. The number of imidazole rings is 1. The van der Waals surface area contributed by atoms with Crippen LogP contribution >= 0.6 is 11.8 Å². The highest BCUT2D eigenvalue weighted by Crippen LogP contribution is 2.31. The van der Waals surface area contributed by atoms with Crippen LogP contribution in [0.5, 0.6) is 0 Å². The molecule has 0 aromatic carbocycles. The Morgan fingerprint density at radius 3 is 2.86 bits per heavy atom. The maximum atomic E-state index is 13.2. The minimum Gasteiger partial charge on any atom is -0.368 e. The summed E-state index contributed by atoms with van der Waals surface area (Å²) in [5, 5.41) is 5.49. The lowest BCUT2D eigenvalue weighted by molar-refractivity contribution is -0.141. The lowest BCUT2D eigenvalue weighted by Gasteiger charge is -2.38. The van der Waals surface area contributed by atoms with E-state index in [4.69, 9.17) is 5.73 Å². The Labute approximate surface area is 172 Å². The fourth-order valence-electron chi connectivity index (χ4n) is 3.69. The highest BCUT2D eigenvalue weighted by atomic mass is 32.2. The van der Waals surface area contributed by atoms with Crippen LogP contribution in [-0.2, 0) is 25.6 Å². The summed E-state index contributed by atoms with van der Waals surface area (Å²) in [6.45, 7) is 4.15. The highest BCUT2D eigenvalue weighted by Gasteiger charge is 2.43. The summed E-state index contributed by atoms with van der Waals surface area (Å²) in [6, 6.07) is -2.37. The van der Waals surface area contributed by atoms with Gasteiger partial charge in [-0.25, -0.2) is 4.98 Å². The average molecular weight is 423 g/mol. The first-order chi connectivity index (χ1) is 13.7. The van der Waals surface area contributed by atoms with Gasteiger partial charge in [0.05, 0.1) is 12.1 Å². The standard InChI is InChI=1S/C18H26N6O4S/c1-18(2)14(23-13(25)8-29-18)16(27)22-11(6-10-7-20-9-21-10)17(28)24-5-3-4-12(24)15(19)26/h7,9,11-12,14H,3-6,8H2,1-2H3,(H2,19,26)(H,20,21)(H,22,27)(H,23,25)/t11-,12-,14?/m0/s1. The molecule has 10 nitrogen and oxygen atoms in total. The molecule has 2 fully saturated rings. The molecular weight excluding hydrogens is 396 g/mol. The van der Waals surface area contributed by atoms with Crippen LogP contribution in [0.2, 0.25) is 0 Å². The van der Waals surface area contributed by atoms with E-state index in [0.29, 0.717) is 25.1 Å². The van der Waals surface area contributed by atoms with Crippen molar-refractivity contribution in [2.45, 2.75) is 56.0 Å². The number of thioether (sulfide) groups is 1. The molecule has 3 atom stereocenters. The summed E-state index contributed by atoms with van der Waals surface area (Å²) < 4.78 is -0.525. The fourth-order valence-corrected chi connectivity index (χ4v) is 4.61. The maximum Gasteiger partial charge on any atom is 0.246 e. The number of hydrogen-bond acceptors (Lipinski definition) is 6. The molecule has 0 aliphatic carbocycles. The predicted octanol–water partition coefficient (Wildman–Crippen LogP) is -1.08. The predicted molar refractivity (Wildman–Crippen MR) is 107 cm³/mol. The van der Waals surface area contributed by atoms with E-state index in [1.165, 1.54) is 23.0 Å². The van der Waals surface area contributed by atoms with Gasteiger partial charge in [0.1, 0.15) is 18.1 Å². The molecule has 2 aliphatic rings. The molecule has 1 aromatic heterocycles. The normalized spacial score (nSPS) is 24.6. The van der Waals surface area contributed by atoms with E-state index in [1.54, 1.807) is 6.20 Å². The van der Waals surface area contributed by atoms with Crippen LogP contribution in [-0.4, -0.2) is 73.7 Å². The second kappa shape index (κ2) is 8.44. The molecule has 1 unspecified atom stereocenters. The molecule has 0 saturated carbocycles. The van der Waals surface area contributed by atoms with Crippen LogP contribution in [0.4, 0.5) is 0 Å². The average Bonchev–Trinajstić information content (AvgIpc) is 3.34. The van der Waals surface area contributed by atoms with Crippen LogP contribution in [0.15, 0.2) is 12.5 Å². The number of primary amides is 1. The van der Waals surface area contributed by atoms with Gasteiger partial charge in [0.15, 0.2) is 0 Å². The number of likely N-dealkylation sites (tertiary alicyclic amines) is 1. The minimum atomic E-state index is -0.914. The summed E-state index contributed by atoms with van der Waals surface area (Å²) in [4.78, 5) is 58.1. The molecule has 2 saturated heterocycles. The molecule has 3 rings (SSSR count). The van der Waals surface area contributed by atoms with E-state index in [2.05, 4.69) is 20.6 Å². The Morgan fingerprint density at radius 2 is 2.21 bits per heavy atom. The maximum absolute atomic E-state index is 13.2. The third-order valence-electron chi connectivity index (χ3n) is 5.30. The van der Waals surface area contributed by atoms with Crippen LogP contribution in [0, 0.1) is 0 Å². The number of amides is 4. The zero-order valence-electron chi connectivity index (χ0n) is 16.4. The monoisotopic (exact) mass is 422 g/mol. The number of carbonyl (C=O) groups excluding carboxylic acids is 4. The van der Waals surface area contributed by atoms with Gasteiger partial charge in [0.25, 0.3) is 0 Å². The molecule has 158 valence electrons. The number of aromatic nitrogens is 2. The number of nitrogens with one attached hydrogen (secondary N) is 3. The van der Waals surface area contributed by atoms with E-state index in [1.807, 2.05) is 13.8 Å². The van der Waals surface area contributed by atoms with Gasteiger partial charge in [-0.15, -0.1) is 11.8 Å². The van der Waals surface area contributed by atoms with Gasteiger partial charge in [-0.2, -0.15) is 0 Å². The Morgan fingerprint density at radius 1 is 1.45 bits per heavy atom. The van der Waals surface area contributed by atoms with Gasteiger partial charge < -0.3 is 26.3 Å². The third-order valence-corrected chi connectivity index (χ3v) is 6.68. The number of carbonyl (C=O) groups is 4. The Kier molecular flexibility index (Phi) is 6.15. The molecule has 0 bridgehead atoms. The summed E-state index contributed by atoms with van der Waals surface area (Å²) in [5.74, 6) is -1.31. The van der Waals surface area contributed by atoms with Crippen LogP contribution in [0.1, 0.15) is 32.4 Å². The van der Waals surface area contributed by atoms with Crippen molar-refractivity contribution in [3.63, 3.8) is 0 Å². The van der Waals surface area contributed by atoms with Crippen LogP contribution in [0.3, 0.4) is 0 Å². The van der Waals surface area contributed by atoms with Crippen molar-refractivity contribution in [3.8, 4) is 0 Å². The Balaban J connectivity index is 1.80. The number of aromatic amines is 1. The van der Waals surface area contributed by atoms with E-state index in [-0.39, 0.29) is 24.0 Å². The lowest BCUT2D eigenvalue weighted by Crippen LogP contribution is -2.63. The summed E-state index contributed by atoms with van der Waals surface area (Å²) in [7, 11) is 0. The smallest absolute Gasteiger partial charge is 0.246 e. The van der Waals surface area contributed by atoms with Crippen LogP contribution < -0.4 is 16.4 Å². The van der Waals surface area contributed by atoms with Crippen molar-refractivity contribution in [2.24, 2.45) is 5.73 Å². The van der Waals surface area contributed by atoms with Gasteiger partial charge in [-0.3, -0.25) is 19.2 Å². The van der Waals surface area contributed by atoms with Crippen molar-refractivity contribution in [1.29, 1.82) is 0 Å². The van der Waals surface area contributed by atoms with Gasteiger partial charge in [-0.1, -0.05) is 0 Å². The van der Waals surface area contributed by atoms with E-state index >= 15 is 0 Å². The molecule has 0 radical (unpaired) electrons. The summed E-state index contributed by atoms with van der Waals surface area (Å²) in [6.07, 6.45) is 4.42. The number of nitrogens with two attached hydrogens (primary N) is 1. The molecule has 1 aromatic rings. The van der Waals surface area contributed by atoms with E-state index < -0.39 is 34.7 Å². The van der Waals surface area contributed by atoms with Crippen molar-refractivity contribution >= 4 is 35.4 Å². The second-order valence-electron chi connectivity index (χ2n) is 7.83. The molecule has 4 amide bonds. The number of H-pyrrole nitrogens is 1. The van der Waals surface area contributed by atoms with Gasteiger partial charge in [0.2, 0.25) is 23.6 Å². The molecule has 2 aliphatic heterocycles. The lowest BCUT2D eigenvalue weighted by atomic mass is 10.0. The summed E-state index contributed by atoms with van der Waals surface area (Å²) in [5.41, 5.74) is 6.11. The molecule has 3 heterocycles. The minimum absolute atomic E-state index is 0.181. The number of hydrogen-bond donors (Lipinski definition) is 4. The van der Waals surface area contributed by atoms with E-state index in [9.17, 15) is 19.2 Å². The van der Waals surface area contributed by atoms with Gasteiger partial charge >= 0.3 is 0 Å². The number of nitrogens with zero attached hydrogens (tertiary/aromatic N) is 2. The topological polar surface area (TPSA) is 150 Å². The first-order valence-electron chi connectivity index (χ1n) is 9.50. The fraction of sp³-hybridized carbons (Fsp3) is 0.611. The quantitative estimate of drug-likeness (QED) is 0.458. The largest absolute Gasteiger partial charge is 0.368 e. The third kappa shape index (κ3) is 4.72. The zero-order valence-corrected chi connectivity index (χ0v) is 17.3. The molecule has 5 N–H and O–H groups in total. The Bertz CT molecular complexity index is 796.